The molecule has 4 aliphatic rings. The summed E-state index contributed by atoms with van der Waals surface area (Å²) < 4.78 is 0. The third-order valence-electron chi connectivity index (χ3n) is 11.0. The van der Waals surface area contributed by atoms with Gasteiger partial charge in [0, 0.05) is 11.8 Å². The van der Waals surface area contributed by atoms with Crippen molar-refractivity contribution >= 4 is 12.1 Å². The minimum absolute atomic E-state index is 0.132. The second-order valence-electron chi connectivity index (χ2n) is 12.8. The quantitative estimate of drug-likeness (QED) is 0.328. The van der Waals surface area contributed by atoms with Gasteiger partial charge in [-0.3, -0.25) is 9.59 Å². The number of ketones is 1. The van der Waals surface area contributed by atoms with Crippen molar-refractivity contribution in [1.29, 1.82) is 0 Å². The zero-order chi connectivity index (χ0) is 23.5. The van der Waals surface area contributed by atoms with E-state index in [0.29, 0.717) is 23.5 Å². The van der Waals surface area contributed by atoms with E-state index < -0.39 is 0 Å². The first-order valence-electron chi connectivity index (χ1n) is 13.0. The number of hydrogen-bond acceptors (Lipinski definition) is 2. The van der Waals surface area contributed by atoms with Crippen molar-refractivity contribution < 1.29 is 9.59 Å². The van der Waals surface area contributed by atoms with Crippen LogP contribution in [-0.2, 0) is 9.59 Å². The summed E-state index contributed by atoms with van der Waals surface area (Å²) in [7, 11) is 0. The Morgan fingerprint density at radius 1 is 1.12 bits per heavy atom. The number of allylic oxidation sites excluding steroid dienone is 6. The highest BCUT2D eigenvalue weighted by Crippen LogP contribution is 2.71. The van der Waals surface area contributed by atoms with Crippen molar-refractivity contribution in [2.24, 2.45) is 39.4 Å². The molecule has 0 saturated heterocycles. The van der Waals surface area contributed by atoms with Crippen LogP contribution in [0.15, 0.2) is 34.9 Å². The molecule has 2 heteroatoms. The Bertz CT molecular complexity index is 902. The first kappa shape index (κ1) is 23.7. The molecular weight excluding hydrogens is 392 g/mol. The Labute approximate surface area is 196 Å². The van der Waals surface area contributed by atoms with Crippen LogP contribution in [0.3, 0.4) is 0 Å². The lowest BCUT2D eigenvalue weighted by Crippen LogP contribution is -2.53. The van der Waals surface area contributed by atoms with E-state index >= 15 is 0 Å². The van der Waals surface area contributed by atoms with E-state index in [9.17, 15) is 9.59 Å². The first-order valence-corrected chi connectivity index (χ1v) is 13.0. The van der Waals surface area contributed by atoms with Crippen molar-refractivity contribution in [2.75, 3.05) is 0 Å². The number of fused-ring (bicyclic) bond motifs is 5. The summed E-state index contributed by atoms with van der Waals surface area (Å²) in [6.07, 6.45) is 16.9. The molecule has 2 nitrogen and oxygen atoms in total. The minimum Gasteiger partial charge on any atom is -0.299 e. The van der Waals surface area contributed by atoms with Crippen LogP contribution in [0.4, 0.5) is 0 Å². The maximum absolute atomic E-state index is 12.8. The largest absolute Gasteiger partial charge is 0.299 e. The topological polar surface area (TPSA) is 34.1 Å². The highest BCUT2D eigenvalue weighted by Gasteiger charge is 2.63. The number of aldehydes is 1. The SMILES string of the molecule is C/C(C=O)=C/CC[C@@H](C)[C@H]1CC[C@@]2(C)C3=CC[C@H]4C(C)(C)C(=O)CC[C@]4(C)C3=CC[C@]12C. The molecule has 0 radical (unpaired) electrons. The molecular formula is C30H44O2. The molecule has 0 unspecified atom stereocenters. The average Bonchev–Trinajstić information content (AvgIpc) is 3.02. The van der Waals surface area contributed by atoms with Gasteiger partial charge < -0.3 is 0 Å². The summed E-state index contributed by atoms with van der Waals surface area (Å²) in [5.74, 6) is 2.25. The molecule has 0 N–H and O–H groups in total. The molecule has 0 bridgehead atoms. The van der Waals surface area contributed by atoms with E-state index in [1.807, 2.05) is 6.92 Å². The summed E-state index contributed by atoms with van der Waals surface area (Å²) >= 11 is 0. The van der Waals surface area contributed by atoms with Crippen LogP contribution in [0, 0.1) is 39.4 Å². The molecule has 0 heterocycles. The van der Waals surface area contributed by atoms with Crippen LogP contribution in [0.1, 0.15) is 99.8 Å². The van der Waals surface area contributed by atoms with Crippen molar-refractivity contribution in [3.05, 3.63) is 34.9 Å². The van der Waals surface area contributed by atoms with Crippen LogP contribution >= 0.6 is 0 Å². The third-order valence-corrected chi connectivity index (χ3v) is 11.0. The predicted molar refractivity (Wildman–Crippen MR) is 132 cm³/mol. The fourth-order valence-electron chi connectivity index (χ4n) is 8.58. The van der Waals surface area contributed by atoms with Crippen LogP contribution in [0.25, 0.3) is 0 Å². The van der Waals surface area contributed by atoms with E-state index in [-0.39, 0.29) is 21.7 Å². The molecule has 0 aromatic carbocycles. The van der Waals surface area contributed by atoms with Crippen LogP contribution in [0.2, 0.25) is 0 Å². The van der Waals surface area contributed by atoms with Gasteiger partial charge in [-0.15, -0.1) is 0 Å². The smallest absolute Gasteiger partial charge is 0.145 e. The zero-order valence-electron chi connectivity index (χ0n) is 21.5. The summed E-state index contributed by atoms with van der Waals surface area (Å²) in [5, 5.41) is 0. The van der Waals surface area contributed by atoms with Gasteiger partial charge in [-0.05, 0) is 103 Å². The van der Waals surface area contributed by atoms with Gasteiger partial charge in [-0.25, -0.2) is 0 Å². The van der Waals surface area contributed by atoms with Crippen molar-refractivity contribution in [2.45, 2.75) is 99.8 Å². The van der Waals surface area contributed by atoms with Crippen molar-refractivity contribution in [3.63, 3.8) is 0 Å². The lowest BCUT2D eigenvalue weighted by Gasteiger charge is -2.59. The Hall–Kier alpha value is -1.44. The normalized spacial score (nSPS) is 41.7. The van der Waals surface area contributed by atoms with Gasteiger partial charge in [0.2, 0.25) is 0 Å². The van der Waals surface area contributed by atoms with Gasteiger partial charge in [-0.2, -0.15) is 0 Å². The lowest BCUT2D eigenvalue weighted by molar-refractivity contribution is -0.138. The van der Waals surface area contributed by atoms with Gasteiger partial charge in [0.25, 0.3) is 0 Å². The van der Waals surface area contributed by atoms with E-state index in [1.165, 1.54) is 12.8 Å². The standard InChI is InChI=1S/C30H44O2/c1-20(19-31)9-8-10-21(2)22-13-17-30(7)24-11-12-25-27(3,4)26(32)15-16-28(25,5)23(24)14-18-29(22,30)6/h9,11,14,19,21-22,25H,8,10,12-13,15-18H2,1-7H3/b20-9-/t21-,22-,25+,28-,29-,30+/m1/s1. The van der Waals surface area contributed by atoms with E-state index in [2.05, 4.69) is 59.8 Å². The van der Waals surface area contributed by atoms with Gasteiger partial charge in [-0.1, -0.05) is 59.8 Å². The number of rotatable bonds is 5. The molecule has 176 valence electrons. The Kier molecular flexibility index (Phi) is 5.79. The average molecular weight is 437 g/mol. The van der Waals surface area contributed by atoms with Gasteiger partial charge in [0.15, 0.2) is 0 Å². The van der Waals surface area contributed by atoms with Gasteiger partial charge in [0.05, 0.1) is 0 Å². The maximum atomic E-state index is 12.8. The molecule has 0 aliphatic heterocycles. The maximum Gasteiger partial charge on any atom is 0.145 e. The van der Waals surface area contributed by atoms with Crippen LogP contribution in [-0.4, -0.2) is 12.1 Å². The van der Waals surface area contributed by atoms with Crippen molar-refractivity contribution in [3.8, 4) is 0 Å². The molecule has 0 aromatic rings. The summed E-state index contributed by atoms with van der Waals surface area (Å²) in [5.41, 5.74) is 4.49. The Balaban J connectivity index is 1.64. The summed E-state index contributed by atoms with van der Waals surface area (Å²) in [6.45, 7) is 16.3. The number of carbonyl (C=O) groups excluding carboxylic acids is 2. The highest BCUT2D eigenvalue weighted by atomic mass is 16.1. The summed E-state index contributed by atoms with van der Waals surface area (Å²) in [4.78, 5) is 23.7. The Morgan fingerprint density at radius 3 is 2.53 bits per heavy atom. The first-order chi connectivity index (χ1) is 14.9. The fraction of sp³-hybridized carbons (Fsp3) is 0.733. The van der Waals surface area contributed by atoms with Gasteiger partial charge in [0.1, 0.15) is 12.1 Å². The molecule has 2 saturated carbocycles. The van der Waals surface area contributed by atoms with Gasteiger partial charge >= 0.3 is 0 Å². The predicted octanol–water partition coefficient (Wildman–Crippen LogP) is 7.64. The second kappa shape index (κ2) is 7.81. The number of carbonyl (C=O) groups is 2. The second-order valence-corrected chi connectivity index (χ2v) is 12.8. The summed E-state index contributed by atoms with van der Waals surface area (Å²) in [6, 6.07) is 0. The van der Waals surface area contributed by atoms with Crippen LogP contribution in [0.5, 0.6) is 0 Å². The van der Waals surface area contributed by atoms with Crippen molar-refractivity contribution in [1.82, 2.24) is 0 Å². The zero-order valence-corrected chi connectivity index (χ0v) is 21.5. The molecule has 4 aliphatic carbocycles. The van der Waals surface area contributed by atoms with E-state index in [4.69, 9.17) is 0 Å². The van der Waals surface area contributed by atoms with E-state index in [1.54, 1.807) is 11.1 Å². The Morgan fingerprint density at radius 2 is 1.84 bits per heavy atom. The molecule has 6 atom stereocenters. The molecule has 0 spiro atoms. The fourth-order valence-corrected chi connectivity index (χ4v) is 8.58. The molecule has 2 fully saturated rings. The van der Waals surface area contributed by atoms with Crippen LogP contribution < -0.4 is 0 Å². The third kappa shape index (κ3) is 3.18. The number of Topliss-reactive ketones (excluding diaryl/α,β-unsaturated/α-hetero) is 1. The molecule has 4 rings (SSSR count). The van der Waals surface area contributed by atoms with E-state index in [0.717, 1.165) is 50.4 Å². The lowest BCUT2D eigenvalue weighted by atomic mass is 9.44. The number of hydrogen-bond donors (Lipinski definition) is 0. The molecule has 0 aromatic heterocycles. The monoisotopic (exact) mass is 436 g/mol. The highest BCUT2D eigenvalue weighted by molar-refractivity contribution is 5.86. The minimum atomic E-state index is -0.225. The molecule has 0 amide bonds. The molecule has 32 heavy (non-hydrogen) atoms.